The molecule has 1 aliphatic heterocycles. The fourth-order valence-corrected chi connectivity index (χ4v) is 4.64. The monoisotopic (exact) mass is 448 g/mol. The molecular weight excluding hydrogens is 428 g/mol. The van der Waals surface area contributed by atoms with Gasteiger partial charge < -0.3 is 4.90 Å². The second kappa shape index (κ2) is 9.00. The number of amides is 2. The molecule has 1 heterocycles. The average molecular weight is 449 g/mol. The summed E-state index contributed by atoms with van der Waals surface area (Å²) in [4.78, 5) is 31.6. The molecule has 4 nitrogen and oxygen atoms in total. The first kappa shape index (κ1) is 21.2. The van der Waals surface area contributed by atoms with E-state index in [1.165, 1.54) is 16.7 Å². The first-order valence-corrected chi connectivity index (χ1v) is 11.2. The minimum Gasteiger partial charge on any atom is -0.336 e. The molecule has 0 saturated carbocycles. The number of nitrogens with zero attached hydrogens (tertiary/aromatic N) is 2. The fraction of sp³-hybridized carbons (Fsp3) is 0.120. The Balaban J connectivity index is 1.83. The lowest BCUT2D eigenvalue weighted by Crippen LogP contribution is -2.35. The van der Waals surface area contributed by atoms with Crippen molar-refractivity contribution in [2.75, 3.05) is 16.3 Å². The molecule has 6 heteroatoms. The van der Waals surface area contributed by atoms with E-state index in [4.69, 9.17) is 11.6 Å². The number of imide groups is 1. The summed E-state index contributed by atoms with van der Waals surface area (Å²) in [6.45, 7) is 4.39. The van der Waals surface area contributed by atoms with E-state index in [1.54, 1.807) is 12.1 Å². The summed E-state index contributed by atoms with van der Waals surface area (Å²) >= 11 is 7.61. The maximum Gasteiger partial charge on any atom is 0.283 e. The number of benzene rings is 3. The van der Waals surface area contributed by atoms with Crippen LogP contribution in [0.1, 0.15) is 12.5 Å². The van der Waals surface area contributed by atoms with Crippen molar-refractivity contribution in [3.8, 4) is 0 Å². The zero-order chi connectivity index (χ0) is 22.0. The van der Waals surface area contributed by atoms with Gasteiger partial charge in [-0.1, -0.05) is 65.8 Å². The normalized spacial score (nSPS) is 13.8. The number of carbonyl (C=O) groups excluding carboxylic acids is 2. The highest BCUT2D eigenvalue weighted by atomic mass is 35.5. The lowest BCUT2D eigenvalue weighted by atomic mass is 10.2. The topological polar surface area (TPSA) is 40.6 Å². The lowest BCUT2D eigenvalue weighted by Gasteiger charge is -2.24. The van der Waals surface area contributed by atoms with Crippen LogP contribution in [0.2, 0.25) is 5.02 Å². The van der Waals surface area contributed by atoms with Crippen molar-refractivity contribution in [1.29, 1.82) is 0 Å². The summed E-state index contributed by atoms with van der Waals surface area (Å²) in [5.74, 6) is -0.697. The summed E-state index contributed by atoms with van der Waals surface area (Å²) in [6.07, 6.45) is 0. The molecule has 0 bridgehead atoms. The highest BCUT2D eigenvalue weighted by Gasteiger charge is 2.42. The second-order valence-corrected chi connectivity index (χ2v) is 8.54. The van der Waals surface area contributed by atoms with Crippen molar-refractivity contribution in [2.45, 2.75) is 18.7 Å². The number of carbonyl (C=O) groups is 2. The van der Waals surface area contributed by atoms with Crippen LogP contribution >= 0.6 is 23.4 Å². The highest BCUT2D eigenvalue weighted by Crippen LogP contribution is 2.40. The minimum atomic E-state index is -0.353. The number of hydrogen-bond donors (Lipinski definition) is 0. The predicted molar refractivity (Wildman–Crippen MR) is 127 cm³/mol. The average Bonchev–Trinajstić information content (AvgIpc) is 3.02. The standard InChI is InChI=1S/C25H21ClN2O2S/c1-3-27(18-10-6-4-7-11-18)22-23(31-20-12-8-5-9-13-20)25(30)28(24(22)29)19-15-14-17(2)21(26)16-19/h4-16H,3H2,1-2H3. The second-order valence-electron chi connectivity index (χ2n) is 7.05. The largest absolute Gasteiger partial charge is 0.336 e. The fourth-order valence-electron chi connectivity index (χ4n) is 3.47. The molecule has 3 aromatic carbocycles. The number of likely N-dealkylation sites (N-methyl/N-ethyl adjacent to an activating group) is 1. The Hall–Kier alpha value is -3.02. The molecule has 1 aliphatic rings. The number of anilines is 2. The first-order chi connectivity index (χ1) is 15.0. The Kier molecular flexibility index (Phi) is 6.16. The van der Waals surface area contributed by atoms with Gasteiger partial charge in [0.2, 0.25) is 0 Å². The SMILES string of the molecule is CCN(C1=C(Sc2ccccc2)C(=O)N(c2ccc(C)c(Cl)c2)C1=O)c1ccccc1. The zero-order valence-electron chi connectivity index (χ0n) is 17.2. The quantitative estimate of drug-likeness (QED) is 0.430. The molecule has 2 amide bonds. The van der Waals surface area contributed by atoms with Crippen molar-refractivity contribution in [3.63, 3.8) is 0 Å². The van der Waals surface area contributed by atoms with Gasteiger partial charge in [-0.3, -0.25) is 9.59 Å². The molecule has 0 unspecified atom stereocenters. The van der Waals surface area contributed by atoms with Crippen molar-refractivity contribution in [2.24, 2.45) is 0 Å². The Morgan fingerprint density at radius 3 is 2.16 bits per heavy atom. The maximum atomic E-state index is 13.6. The maximum absolute atomic E-state index is 13.6. The molecule has 0 aromatic heterocycles. The van der Waals surface area contributed by atoms with E-state index < -0.39 is 0 Å². The van der Waals surface area contributed by atoms with Gasteiger partial charge in [-0.05, 0) is 55.8 Å². The van der Waals surface area contributed by atoms with Gasteiger partial charge in [0.05, 0.1) is 5.69 Å². The lowest BCUT2D eigenvalue weighted by molar-refractivity contribution is -0.120. The molecule has 156 valence electrons. The number of rotatable bonds is 6. The Morgan fingerprint density at radius 1 is 0.903 bits per heavy atom. The minimum absolute atomic E-state index is 0.344. The molecule has 0 saturated heterocycles. The van der Waals surface area contributed by atoms with Gasteiger partial charge in [0.15, 0.2) is 0 Å². The third-order valence-corrected chi connectivity index (χ3v) is 6.54. The van der Waals surface area contributed by atoms with Crippen LogP contribution in [0.25, 0.3) is 0 Å². The van der Waals surface area contributed by atoms with E-state index in [0.29, 0.717) is 27.9 Å². The number of aryl methyl sites for hydroxylation is 1. The molecular formula is C25H21ClN2O2S. The van der Waals surface area contributed by atoms with Gasteiger partial charge >= 0.3 is 0 Å². The zero-order valence-corrected chi connectivity index (χ0v) is 18.8. The number of halogens is 1. The van der Waals surface area contributed by atoms with Crippen LogP contribution in [0, 0.1) is 6.92 Å². The van der Waals surface area contributed by atoms with Gasteiger partial charge in [-0.2, -0.15) is 0 Å². The summed E-state index contributed by atoms with van der Waals surface area (Å²) < 4.78 is 0. The van der Waals surface area contributed by atoms with Crippen LogP contribution in [-0.4, -0.2) is 18.4 Å². The Morgan fingerprint density at radius 2 is 1.55 bits per heavy atom. The summed E-state index contributed by atoms with van der Waals surface area (Å²) in [5.41, 5.74) is 2.59. The highest BCUT2D eigenvalue weighted by molar-refractivity contribution is 8.04. The van der Waals surface area contributed by atoms with E-state index in [2.05, 4.69) is 0 Å². The number of hydrogen-bond acceptors (Lipinski definition) is 4. The molecule has 0 atom stereocenters. The molecule has 0 spiro atoms. The molecule has 31 heavy (non-hydrogen) atoms. The third-order valence-electron chi connectivity index (χ3n) is 5.05. The van der Waals surface area contributed by atoms with Crippen molar-refractivity contribution in [3.05, 3.63) is 100 Å². The third kappa shape index (κ3) is 4.11. The molecule has 0 radical (unpaired) electrons. The van der Waals surface area contributed by atoms with Crippen LogP contribution in [0.4, 0.5) is 11.4 Å². The van der Waals surface area contributed by atoms with E-state index >= 15 is 0 Å². The van der Waals surface area contributed by atoms with Crippen LogP contribution in [0.5, 0.6) is 0 Å². The van der Waals surface area contributed by atoms with Gasteiger partial charge in [-0.25, -0.2) is 4.90 Å². The van der Waals surface area contributed by atoms with Gasteiger partial charge in [0, 0.05) is 22.2 Å². The molecule has 0 fully saturated rings. The van der Waals surface area contributed by atoms with E-state index in [9.17, 15) is 9.59 Å². The summed E-state index contributed by atoms with van der Waals surface area (Å²) in [5, 5.41) is 0.513. The summed E-state index contributed by atoms with van der Waals surface area (Å²) in [7, 11) is 0. The van der Waals surface area contributed by atoms with Crippen LogP contribution in [0.3, 0.4) is 0 Å². The van der Waals surface area contributed by atoms with E-state index in [1.807, 2.05) is 85.5 Å². The predicted octanol–water partition coefficient (Wildman–Crippen LogP) is 6.05. The van der Waals surface area contributed by atoms with Crippen LogP contribution < -0.4 is 9.80 Å². The smallest absolute Gasteiger partial charge is 0.283 e. The van der Waals surface area contributed by atoms with Gasteiger partial charge in [0.1, 0.15) is 10.6 Å². The molecule has 0 N–H and O–H groups in total. The molecule has 3 aromatic rings. The Bertz CT molecular complexity index is 1160. The van der Waals surface area contributed by atoms with Gasteiger partial charge in [-0.15, -0.1) is 0 Å². The number of thioether (sulfide) groups is 1. The van der Waals surface area contributed by atoms with Gasteiger partial charge in [0.25, 0.3) is 11.8 Å². The van der Waals surface area contributed by atoms with Crippen LogP contribution in [-0.2, 0) is 9.59 Å². The molecule has 0 aliphatic carbocycles. The van der Waals surface area contributed by atoms with Crippen molar-refractivity contribution >= 4 is 46.6 Å². The van der Waals surface area contributed by atoms with Crippen molar-refractivity contribution < 1.29 is 9.59 Å². The summed E-state index contributed by atoms with van der Waals surface area (Å²) in [6, 6.07) is 24.5. The van der Waals surface area contributed by atoms with E-state index in [0.717, 1.165) is 16.1 Å². The van der Waals surface area contributed by atoms with E-state index in [-0.39, 0.29) is 11.8 Å². The Labute approximate surface area is 191 Å². The number of para-hydroxylation sites is 1. The van der Waals surface area contributed by atoms with Crippen LogP contribution in [0.15, 0.2) is 94.4 Å². The first-order valence-electron chi connectivity index (χ1n) is 9.96. The van der Waals surface area contributed by atoms with Crippen molar-refractivity contribution in [1.82, 2.24) is 0 Å². The molecule has 4 rings (SSSR count).